The van der Waals surface area contributed by atoms with Crippen molar-refractivity contribution in [3.8, 4) is 0 Å². The minimum atomic E-state index is 0.230. The lowest BCUT2D eigenvalue weighted by Gasteiger charge is -2.34. The lowest BCUT2D eigenvalue weighted by molar-refractivity contribution is 0.170. The molecule has 1 fully saturated rings. The quantitative estimate of drug-likeness (QED) is 0.749. The van der Waals surface area contributed by atoms with Gasteiger partial charge >= 0.3 is 0 Å². The fraction of sp³-hybridized carbons (Fsp3) is 1.00. The second-order valence-electron chi connectivity index (χ2n) is 5.99. The molecule has 0 aliphatic heterocycles. The van der Waals surface area contributed by atoms with Crippen molar-refractivity contribution in [2.75, 3.05) is 20.1 Å². The molecule has 84 valence electrons. The summed E-state index contributed by atoms with van der Waals surface area (Å²) < 4.78 is 0. The van der Waals surface area contributed by atoms with E-state index in [4.69, 9.17) is 5.73 Å². The molecule has 2 nitrogen and oxygen atoms in total. The van der Waals surface area contributed by atoms with Crippen LogP contribution in [-0.4, -0.2) is 31.1 Å². The molecule has 0 aromatic heterocycles. The third kappa shape index (κ3) is 3.58. The fourth-order valence-electron chi connectivity index (χ4n) is 1.80. The van der Waals surface area contributed by atoms with Gasteiger partial charge in [-0.15, -0.1) is 0 Å². The molecule has 1 atom stereocenters. The smallest absolute Gasteiger partial charge is 0.0217 e. The SMILES string of the molecule is CN(CC1CCC1)CC(N)C(C)(C)C. The maximum atomic E-state index is 6.15. The third-order valence-corrected chi connectivity index (χ3v) is 3.42. The zero-order chi connectivity index (χ0) is 10.8. The molecule has 0 bridgehead atoms. The fourth-order valence-corrected chi connectivity index (χ4v) is 1.80. The van der Waals surface area contributed by atoms with E-state index in [1.807, 2.05) is 0 Å². The Morgan fingerprint density at radius 2 is 1.93 bits per heavy atom. The molecule has 2 heteroatoms. The van der Waals surface area contributed by atoms with Crippen molar-refractivity contribution >= 4 is 0 Å². The van der Waals surface area contributed by atoms with Crippen LogP contribution in [0.2, 0.25) is 0 Å². The van der Waals surface area contributed by atoms with Gasteiger partial charge in [-0.25, -0.2) is 0 Å². The average Bonchev–Trinajstić information content (AvgIpc) is 1.95. The van der Waals surface area contributed by atoms with E-state index < -0.39 is 0 Å². The van der Waals surface area contributed by atoms with Crippen LogP contribution < -0.4 is 5.73 Å². The van der Waals surface area contributed by atoms with Crippen molar-refractivity contribution < 1.29 is 0 Å². The summed E-state index contributed by atoms with van der Waals surface area (Å²) in [6, 6.07) is 0.285. The maximum absolute atomic E-state index is 6.15. The Hall–Kier alpha value is -0.0800. The molecule has 1 aliphatic rings. The van der Waals surface area contributed by atoms with E-state index in [1.54, 1.807) is 0 Å². The number of hydrogen-bond donors (Lipinski definition) is 1. The van der Waals surface area contributed by atoms with E-state index in [0.29, 0.717) is 0 Å². The Morgan fingerprint density at radius 1 is 1.36 bits per heavy atom. The number of hydrogen-bond acceptors (Lipinski definition) is 2. The van der Waals surface area contributed by atoms with E-state index >= 15 is 0 Å². The Kier molecular flexibility index (Phi) is 3.96. The minimum Gasteiger partial charge on any atom is -0.326 e. The van der Waals surface area contributed by atoms with Gasteiger partial charge in [0.25, 0.3) is 0 Å². The third-order valence-electron chi connectivity index (χ3n) is 3.42. The van der Waals surface area contributed by atoms with Crippen LogP contribution in [0.4, 0.5) is 0 Å². The molecule has 0 heterocycles. The minimum absolute atomic E-state index is 0.230. The highest BCUT2D eigenvalue weighted by Crippen LogP contribution is 2.27. The molecule has 14 heavy (non-hydrogen) atoms. The normalized spacial score (nSPS) is 21.0. The van der Waals surface area contributed by atoms with E-state index in [1.165, 1.54) is 25.8 Å². The zero-order valence-corrected chi connectivity index (χ0v) is 10.2. The van der Waals surface area contributed by atoms with Crippen LogP contribution in [0.15, 0.2) is 0 Å². The lowest BCUT2D eigenvalue weighted by atomic mass is 9.84. The summed E-state index contributed by atoms with van der Waals surface area (Å²) in [7, 11) is 2.20. The predicted octanol–water partition coefficient (Wildman–Crippen LogP) is 2.09. The van der Waals surface area contributed by atoms with Crippen LogP contribution in [0.1, 0.15) is 40.0 Å². The van der Waals surface area contributed by atoms with E-state index in [2.05, 4.69) is 32.7 Å². The Balaban J connectivity index is 2.21. The molecule has 1 rings (SSSR count). The first-order valence-electron chi connectivity index (χ1n) is 5.83. The molecule has 0 aromatic rings. The molecule has 0 spiro atoms. The topological polar surface area (TPSA) is 29.3 Å². The van der Waals surface area contributed by atoms with E-state index in [0.717, 1.165) is 12.5 Å². The molecule has 0 aromatic carbocycles. The second kappa shape index (κ2) is 4.63. The summed E-state index contributed by atoms with van der Waals surface area (Å²) >= 11 is 0. The molecule has 1 aliphatic carbocycles. The number of nitrogens with two attached hydrogens (primary N) is 1. The van der Waals surface area contributed by atoms with Gasteiger partial charge in [0.15, 0.2) is 0 Å². The molecule has 1 saturated carbocycles. The standard InChI is InChI=1S/C12H26N2/c1-12(2,3)11(13)9-14(4)8-10-6-5-7-10/h10-11H,5-9,13H2,1-4H3. The van der Waals surface area contributed by atoms with Crippen LogP contribution in [0, 0.1) is 11.3 Å². The van der Waals surface area contributed by atoms with Gasteiger partial charge < -0.3 is 10.6 Å². The van der Waals surface area contributed by atoms with E-state index in [9.17, 15) is 0 Å². The van der Waals surface area contributed by atoms with Gasteiger partial charge in [0, 0.05) is 19.1 Å². The lowest BCUT2D eigenvalue weighted by Crippen LogP contribution is -2.45. The second-order valence-corrected chi connectivity index (χ2v) is 5.99. The van der Waals surface area contributed by atoms with Crippen molar-refractivity contribution in [2.45, 2.75) is 46.1 Å². The van der Waals surface area contributed by atoms with Crippen LogP contribution in [0.25, 0.3) is 0 Å². The van der Waals surface area contributed by atoms with Crippen molar-refractivity contribution in [3.63, 3.8) is 0 Å². The van der Waals surface area contributed by atoms with Gasteiger partial charge in [-0.3, -0.25) is 0 Å². The van der Waals surface area contributed by atoms with Crippen LogP contribution in [-0.2, 0) is 0 Å². The molecule has 0 radical (unpaired) electrons. The summed E-state index contributed by atoms with van der Waals surface area (Å²) in [6.45, 7) is 8.92. The Morgan fingerprint density at radius 3 is 2.29 bits per heavy atom. The highest BCUT2D eigenvalue weighted by atomic mass is 15.1. The van der Waals surface area contributed by atoms with Gasteiger partial charge in [0.05, 0.1) is 0 Å². The van der Waals surface area contributed by atoms with Gasteiger partial charge in [0.2, 0.25) is 0 Å². The number of likely N-dealkylation sites (N-methyl/N-ethyl adjacent to an activating group) is 1. The van der Waals surface area contributed by atoms with Crippen LogP contribution >= 0.6 is 0 Å². The van der Waals surface area contributed by atoms with Crippen LogP contribution in [0.5, 0.6) is 0 Å². The molecule has 2 N–H and O–H groups in total. The average molecular weight is 198 g/mol. The molecular weight excluding hydrogens is 172 g/mol. The van der Waals surface area contributed by atoms with E-state index in [-0.39, 0.29) is 11.5 Å². The van der Waals surface area contributed by atoms with Gasteiger partial charge in [-0.05, 0) is 31.2 Å². The van der Waals surface area contributed by atoms with Gasteiger partial charge in [-0.2, -0.15) is 0 Å². The zero-order valence-electron chi connectivity index (χ0n) is 10.2. The first-order chi connectivity index (χ1) is 6.39. The molecule has 0 amide bonds. The van der Waals surface area contributed by atoms with Crippen molar-refractivity contribution in [2.24, 2.45) is 17.1 Å². The Labute approximate surface area is 88.8 Å². The maximum Gasteiger partial charge on any atom is 0.0217 e. The number of rotatable bonds is 4. The molecular formula is C12H26N2. The highest BCUT2D eigenvalue weighted by molar-refractivity contribution is 4.81. The van der Waals surface area contributed by atoms with Gasteiger partial charge in [0.1, 0.15) is 0 Å². The largest absolute Gasteiger partial charge is 0.326 e. The Bertz CT molecular complexity index is 168. The summed E-state index contributed by atoms with van der Waals surface area (Å²) in [5, 5.41) is 0. The van der Waals surface area contributed by atoms with Gasteiger partial charge in [-0.1, -0.05) is 27.2 Å². The molecule has 1 unspecified atom stereocenters. The highest BCUT2D eigenvalue weighted by Gasteiger charge is 2.24. The predicted molar refractivity (Wildman–Crippen MR) is 62.3 cm³/mol. The summed E-state index contributed by atoms with van der Waals surface area (Å²) in [5.41, 5.74) is 6.38. The first kappa shape index (κ1) is 12.0. The van der Waals surface area contributed by atoms with Crippen molar-refractivity contribution in [1.29, 1.82) is 0 Å². The summed E-state index contributed by atoms with van der Waals surface area (Å²) in [4.78, 5) is 2.40. The van der Waals surface area contributed by atoms with Crippen molar-refractivity contribution in [1.82, 2.24) is 4.90 Å². The summed E-state index contributed by atoms with van der Waals surface area (Å²) in [6.07, 6.45) is 4.29. The monoisotopic (exact) mass is 198 g/mol. The first-order valence-corrected chi connectivity index (χ1v) is 5.83. The van der Waals surface area contributed by atoms with Crippen molar-refractivity contribution in [3.05, 3.63) is 0 Å². The number of nitrogens with zero attached hydrogens (tertiary/aromatic N) is 1. The summed E-state index contributed by atoms with van der Waals surface area (Å²) in [5.74, 6) is 0.951. The van der Waals surface area contributed by atoms with Crippen LogP contribution in [0.3, 0.4) is 0 Å². The molecule has 0 saturated heterocycles.